The number of benzene rings is 4. The maximum atomic E-state index is 13.9. The third-order valence-corrected chi connectivity index (χ3v) is 9.12. The summed E-state index contributed by atoms with van der Waals surface area (Å²) >= 11 is 6.02. The number of halogens is 1. The number of nitrogens with one attached hydrogen (secondary N) is 2. The second kappa shape index (κ2) is 14.0. The second-order valence-corrected chi connectivity index (χ2v) is 12.9. The summed E-state index contributed by atoms with van der Waals surface area (Å²) in [5.74, 6) is -0.477. The average molecular weight is 616 g/mol. The van der Waals surface area contributed by atoms with E-state index in [-0.39, 0.29) is 42.3 Å². The molecule has 4 aromatic carbocycles. The van der Waals surface area contributed by atoms with Gasteiger partial charge in [-0.05, 0) is 65.8 Å². The van der Waals surface area contributed by atoms with Gasteiger partial charge in [0.1, 0.15) is 6.04 Å². The van der Waals surface area contributed by atoms with Crippen LogP contribution in [0.3, 0.4) is 0 Å². The summed E-state index contributed by atoms with van der Waals surface area (Å²) in [6.45, 7) is 0.537. The Labute approximate surface area is 257 Å². The Morgan fingerprint density at radius 1 is 0.791 bits per heavy atom. The van der Waals surface area contributed by atoms with Gasteiger partial charge in [-0.2, -0.15) is 0 Å². The molecule has 0 spiro atoms. The first-order chi connectivity index (χ1) is 20.8. The number of carbonyl (C=O) groups excluding carboxylic acids is 2. The number of carbonyl (C=O) groups is 2. The SMILES string of the molecule is O=C(NCc1ccc(Cl)cc1)[C@@H](c1ccccc1)N(Cc1ccccc1)C(=O)CCc1ccc(S(=O)(=O)NC2CC2)cc1. The van der Waals surface area contributed by atoms with Crippen molar-refractivity contribution in [3.63, 3.8) is 0 Å². The maximum absolute atomic E-state index is 13.9. The molecule has 222 valence electrons. The van der Waals surface area contributed by atoms with Gasteiger partial charge in [-0.3, -0.25) is 9.59 Å². The first-order valence-corrected chi connectivity index (χ1v) is 16.2. The van der Waals surface area contributed by atoms with Gasteiger partial charge in [-0.15, -0.1) is 0 Å². The van der Waals surface area contributed by atoms with Crippen LogP contribution in [0.2, 0.25) is 5.02 Å². The fraction of sp³-hybridized carbons (Fsp3) is 0.235. The van der Waals surface area contributed by atoms with E-state index in [1.807, 2.05) is 72.8 Å². The summed E-state index contributed by atoms with van der Waals surface area (Å²) in [7, 11) is -3.55. The van der Waals surface area contributed by atoms with Crippen molar-refractivity contribution < 1.29 is 18.0 Å². The van der Waals surface area contributed by atoms with E-state index >= 15 is 0 Å². The zero-order valence-electron chi connectivity index (χ0n) is 23.7. The van der Waals surface area contributed by atoms with Crippen LogP contribution in [0.1, 0.15) is 47.6 Å². The first kappa shape index (κ1) is 30.5. The first-order valence-electron chi connectivity index (χ1n) is 14.3. The van der Waals surface area contributed by atoms with Crippen molar-refractivity contribution in [1.29, 1.82) is 0 Å². The zero-order valence-corrected chi connectivity index (χ0v) is 25.2. The largest absolute Gasteiger partial charge is 0.350 e. The van der Waals surface area contributed by atoms with Gasteiger partial charge in [0.05, 0.1) is 4.90 Å². The minimum absolute atomic E-state index is 0.0267. The lowest BCUT2D eigenvalue weighted by molar-refractivity contribution is -0.141. The zero-order chi connectivity index (χ0) is 30.2. The van der Waals surface area contributed by atoms with Crippen LogP contribution < -0.4 is 10.0 Å². The molecule has 1 saturated carbocycles. The highest BCUT2D eigenvalue weighted by Crippen LogP contribution is 2.26. The molecule has 9 heteroatoms. The Hall–Kier alpha value is -3.98. The minimum atomic E-state index is -3.55. The topological polar surface area (TPSA) is 95.6 Å². The number of rotatable bonds is 13. The van der Waals surface area contributed by atoms with E-state index in [1.165, 1.54) is 0 Å². The third kappa shape index (κ3) is 8.54. The predicted octanol–water partition coefficient (Wildman–Crippen LogP) is 5.80. The smallest absolute Gasteiger partial charge is 0.247 e. The molecule has 5 rings (SSSR count). The van der Waals surface area contributed by atoms with Crippen molar-refractivity contribution in [2.75, 3.05) is 0 Å². The molecular formula is C34H34ClN3O4S. The third-order valence-electron chi connectivity index (χ3n) is 7.33. The van der Waals surface area contributed by atoms with E-state index in [2.05, 4.69) is 10.0 Å². The van der Waals surface area contributed by atoms with Crippen LogP contribution in [0.25, 0.3) is 0 Å². The number of sulfonamides is 1. The van der Waals surface area contributed by atoms with Gasteiger partial charge in [0.25, 0.3) is 0 Å². The van der Waals surface area contributed by atoms with E-state index in [0.29, 0.717) is 17.0 Å². The van der Waals surface area contributed by atoms with Crippen molar-refractivity contribution in [2.24, 2.45) is 0 Å². The number of hydrogen-bond acceptors (Lipinski definition) is 4. The summed E-state index contributed by atoms with van der Waals surface area (Å²) in [5, 5.41) is 3.63. The molecule has 0 aromatic heterocycles. The van der Waals surface area contributed by atoms with E-state index in [1.54, 1.807) is 41.3 Å². The van der Waals surface area contributed by atoms with Crippen molar-refractivity contribution in [3.05, 3.63) is 136 Å². The summed E-state index contributed by atoms with van der Waals surface area (Å²) in [6.07, 6.45) is 2.27. The molecule has 1 aliphatic carbocycles. The fourth-order valence-electron chi connectivity index (χ4n) is 4.82. The molecule has 2 amide bonds. The van der Waals surface area contributed by atoms with Gasteiger partial charge in [0, 0.05) is 30.6 Å². The Bertz CT molecular complexity index is 1630. The number of hydrogen-bond donors (Lipinski definition) is 2. The monoisotopic (exact) mass is 615 g/mol. The average Bonchev–Trinajstić information content (AvgIpc) is 3.84. The minimum Gasteiger partial charge on any atom is -0.350 e. The number of nitrogens with zero attached hydrogens (tertiary/aromatic N) is 1. The fourth-order valence-corrected chi connectivity index (χ4v) is 6.25. The molecule has 2 N–H and O–H groups in total. The molecule has 0 aliphatic heterocycles. The molecular weight excluding hydrogens is 582 g/mol. The quantitative estimate of drug-likeness (QED) is 0.199. The molecule has 1 fully saturated rings. The van der Waals surface area contributed by atoms with Crippen molar-refractivity contribution in [2.45, 2.75) is 55.8 Å². The highest BCUT2D eigenvalue weighted by molar-refractivity contribution is 7.89. The van der Waals surface area contributed by atoms with Gasteiger partial charge >= 0.3 is 0 Å². The molecule has 0 bridgehead atoms. The lowest BCUT2D eigenvalue weighted by atomic mass is 10.0. The maximum Gasteiger partial charge on any atom is 0.247 e. The van der Waals surface area contributed by atoms with E-state index in [9.17, 15) is 18.0 Å². The predicted molar refractivity (Wildman–Crippen MR) is 168 cm³/mol. The van der Waals surface area contributed by atoms with Crippen LogP contribution in [-0.2, 0) is 39.1 Å². The second-order valence-electron chi connectivity index (χ2n) is 10.7. The van der Waals surface area contributed by atoms with Crippen LogP contribution in [0.4, 0.5) is 0 Å². The molecule has 4 aromatic rings. The van der Waals surface area contributed by atoms with Gasteiger partial charge in [-0.1, -0.05) is 96.5 Å². The normalized spacial score (nSPS) is 13.7. The van der Waals surface area contributed by atoms with E-state index < -0.39 is 16.1 Å². The molecule has 1 atom stereocenters. The molecule has 7 nitrogen and oxygen atoms in total. The molecule has 0 radical (unpaired) electrons. The van der Waals surface area contributed by atoms with Crippen LogP contribution in [0.5, 0.6) is 0 Å². The van der Waals surface area contributed by atoms with Crippen LogP contribution in [0.15, 0.2) is 114 Å². The Balaban J connectivity index is 1.35. The molecule has 1 aliphatic rings. The van der Waals surface area contributed by atoms with Gasteiger partial charge < -0.3 is 10.2 Å². The summed E-state index contributed by atoms with van der Waals surface area (Å²) < 4.78 is 27.8. The van der Waals surface area contributed by atoms with Crippen molar-refractivity contribution in [3.8, 4) is 0 Å². The Morgan fingerprint density at radius 3 is 2.02 bits per heavy atom. The molecule has 0 heterocycles. The highest BCUT2D eigenvalue weighted by atomic mass is 35.5. The van der Waals surface area contributed by atoms with Crippen LogP contribution in [-0.4, -0.2) is 31.2 Å². The molecule has 0 unspecified atom stereocenters. The lowest BCUT2D eigenvalue weighted by Crippen LogP contribution is -2.43. The standard InChI is InChI=1S/C34H34ClN3O4S/c35-29-16-11-26(12-17-29)23-36-34(40)33(28-9-5-2-6-10-28)38(24-27-7-3-1-4-8-27)32(39)22-15-25-13-20-31(21-14-25)43(41,42)37-30-18-19-30/h1-14,16-17,20-21,30,33,37H,15,18-19,22-24H2,(H,36,40)/t33-/m1/s1. The summed E-state index contributed by atoms with van der Waals surface area (Å²) in [5.41, 5.74) is 3.34. The number of amides is 2. The van der Waals surface area contributed by atoms with Crippen LogP contribution in [0, 0.1) is 0 Å². The van der Waals surface area contributed by atoms with E-state index in [0.717, 1.165) is 29.5 Å². The summed E-state index contributed by atoms with van der Waals surface area (Å²) in [6, 6.07) is 31.9. The van der Waals surface area contributed by atoms with Gasteiger partial charge in [0.15, 0.2) is 0 Å². The lowest BCUT2D eigenvalue weighted by Gasteiger charge is -2.32. The van der Waals surface area contributed by atoms with E-state index in [4.69, 9.17) is 11.6 Å². The molecule has 43 heavy (non-hydrogen) atoms. The van der Waals surface area contributed by atoms with Crippen molar-refractivity contribution in [1.82, 2.24) is 14.9 Å². The number of aryl methyl sites for hydroxylation is 1. The van der Waals surface area contributed by atoms with Crippen LogP contribution >= 0.6 is 11.6 Å². The van der Waals surface area contributed by atoms with Crippen molar-refractivity contribution >= 4 is 33.4 Å². The molecule has 0 saturated heterocycles. The highest BCUT2D eigenvalue weighted by Gasteiger charge is 2.31. The Kier molecular flexibility index (Phi) is 9.92. The summed E-state index contributed by atoms with van der Waals surface area (Å²) in [4.78, 5) is 29.6. The van der Waals surface area contributed by atoms with Gasteiger partial charge in [0.2, 0.25) is 21.8 Å². The Morgan fingerprint density at radius 2 is 1.40 bits per heavy atom. The van der Waals surface area contributed by atoms with Gasteiger partial charge in [-0.25, -0.2) is 13.1 Å².